The molecule has 0 nitrogen and oxygen atoms in total. The third-order valence-corrected chi connectivity index (χ3v) is 5.14. The van der Waals surface area contributed by atoms with Gasteiger partial charge in [-0.2, -0.15) is 0 Å². The zero-order valence-electron chi connectivity index (χ0n) is 14.8. The molecule has 0 aliphatic rings. The van der Waals surface area contributed by atoms with E-state index >= 15 is 0 Å². The Morgan fingerprint density at radius 1 is 0.600 bits per heavy atom. The number of alkyl halides is 1. The first-order chi connectivity index (χ1) is 12.3. The molecule has 0 aromatic heterocycles. The second-order valence-electron chi connectivity index (χ2n) is 6.65. The van der Waals surface area contributed by atoms with Gasteiger partial charge in [0.1, 0.15) is 0 Å². The highest BCUT2D eigenvalue weighted by molar-refractivity contribution is 6.17. The van der Waals surface area contributed by atoms with Crippen LogP contribution in [0.2, 0.25) is 0 Å². The van der Waals surface area contributed by atoms with Crippen LogP contribution in [0.1, 0.15) is 33.4 Å². The molecule has 0 saturated carbocycles. The first-order valence-electron chi connectivity index (χ1n) is 9.01. The van der Waals surface area contributed by atoms with E-state index in [9.17, 15) is 0 Å². The zero-order valence-corrected chi connectivity index (χ0v) is 15.6. The van der Waals surface area contributed by atoms with Gasteiger partial charge in [0.05, 0.1) is 0 Å². The van der Waals surface area contributed by atoms with Gasteiger partial charge >= 0.3 is 0 Å². The van der Waals surface area contributed by atoms with Crippen LogP contribution >= 0.6 is 11.6 Å². The molecule has 0 radical (unpaired) electrons. The van der Waals surface area contributed by atoms with Crippen molar-refractivity contribution < 1.29 is 0 Å². The number of rotatable bonds is 7. The second kappa shape index (κ2) is 8.87. The molecule has 0 fully saturated rings. The van der Waals surface area contributed by atoms with Gasteiger partial charge in [0.25, 0.3) is 0 Å². The quantitative estimate of drug-likeness (QED) is 0.439. The van der Waals surface area contributed by atoms with Crippen molar-refractivity contribution >= 4 is 11.6 Å². The average Bonchev–Trinajstić information content (AvgIpc) is 2.67. The average molecular weight is 349 g/mol. The molecule has 0 unspecified atom stereocenters. The maximum atomic E-state index is 6.26. The van der Waals surface area contributed by atoms with Gasteiger partial charge in [0.2, 0.25) is 0 Å². The largest absolute Gasteiger partial charge is 0.122 e. The van der Waals surface area contributed by atoms with E-state index in [1.165, 1.54) is 33.4 Å². The highest BCUT2D eigenvalue weighted by Crippen LogP contribution is 2.22. The van der Waals surface area contributed by atoms with Crippen LogP contribution in [0.15, 0.2) is 72.8 Å². The molecule has 0 saturated heterocycles. The van der Waals surface area contributed by atoms with Gasteiger partial charge in [-0.3, -0.25) is 0 Å². The van der Waals surface area contributed by atoms with Crippen molar-refractivity contribution in [1.29, 1.82) is 0 Å². The number of halogens is 1. The van der Waals surface area contributed by atoms with Gasteiger partial charge in [-0.05, 0) is 66.0 Å². The van der Waals surface area contributed by atoms with Crippen molar-refractivity contribution in [1.82, 2.24) is 0 Å². The molecule has 0 N–H and O–H groups in total. The Kier molecular flexibility index (Phi) is 6.30. The lowest BCUT2D eigenvalue weighted by Gasteiger charge is -2.14. The van der Waals surface area contributed by atoms with Crippen LogP contribution < -0.4 is 0 Å². The summed E-state index contributed by atoms with van der Waals surface area (Å²) in [5.74, 6) is 0.586. The van der Waals surface area contributed by atoms with Crippen LogP contribution in [-0.2, 0) is 31.6 Å². The van der Waals surface area contributed by atoms with Crippen LogP contribution in [-0.4, -0.2) is 0 Å². The standard InChI is InChI=1S/C24H25Cl/c1-19-16-23(15-13-21-10-6-3-7-11-21)24(18-25)17-22(19)14-12-20-8-4-2-5-9-20/h2-11,16-17H,12-15,18H2,1H3. The Labute approximate surface area is 156 Å². The second-order valence-corrected chi connectivity index (χ2v) is 6.92. The van der Waals surface area contributed by atoms with Crippen molar-refractivity contribution in [2.24, 2.45) is 0 Å². The van der Waals surface area contributed by atoms with E-state index in [0.717, 1.165) is 25.7 Å². The third kappa shape index (κ3) is 4.96. The summed E-state index contributed by atoms with van der Waals surface area (Å²) in [4.78, 5) is 0. The van der Waals surface area contributed by atoms with E-state index in [-0.39, 0.29) is 0 Å². The van der Waals surface area contributed by atoms with Crippen molar-refractivity contribution in [3.63, 3.8) is 0 Å². The van der Waals surface area contributed by atoms with Crippen LogP contribution in [0.3, 0.4) is 0 Å². The SMILES string of the molecule is Cc1cc(CCc2ccccc2)c(CCl)cc1CCc1ccccc1. The molecule has 25 heavy (non-hydrogen) atoms. The first kappa shape index (κ1) is 17.8. The molecule has 3 aromatic rings. The zero-order chi connectivity index (χ0) is 17.5. The van der Waals surface area contributed by atoms with Gasteiger partial charge in [-0.1, -0.05) is 72.8 Å². The van der Waals surface area contributed by atoms with Crippen LogP contribution in [0.25, 0.3) is 0 Å². The monoisotopic (exact) mass is 348 g/mol. The van der Waals surface area contributed by atoms with E-state index in [1.807, 2.05) is 0 Å². The Hall–Kier alpha value is -2.05. The normalized spacial score (nSPS) is 10.8. The van der Waals surface area contributed by atoms with Crippen LogP contribution in [0, 0.1) is 6.92 Å². The summed E-state index contributed by atoms with van der Waals surface area (Å²) in [6, 6.07) is 26.0. The van der Waals surface area contributed by atoms with Gasteiger partial charge < -0.3 is 0 Å². The molecule has 3 rings (SSSR count). The van der Waals surface area contributed by atoms with E-state index in [0.29, 0.717) is 5.88 Å². The predicted molar refractivity (Wildman–Crippen MR) is 108 cm³/mol. The molecule has 0 spiro atoms. The summed E-state index contributed by atoms with van der Waals surface area (Å²) in [5.41, 5.74) is 8.25. The van der Waals surface area contributed by atoms with E-state index in [4.69, 9.17) is 11.6 Å². The Morgan fingerprint density at radius 3 is 1.64 bits per heavy atom. The summed E-state index contributed by atoms with van der Waals surface area (Å²) < 4.78 is 0. The fourth-order valence-corrected chi connectivity index (χ4v) is 3.59. The van der Waals surface area contributed by atoms with Crippen molar-refractivity contribution in [3.8, 4) is 0 Å². The van der Waals surface area contributed by atoms with Crippen LogP contribution in [0.5, 0.6) is 0 Å². The number of aryl methyl sites for hydroxylation is 5. The predicted octanol–water partition coefficient (Wildman–Crippen LogP) is 6.30. The molecule has 0 aliphatic carbocycles. The number of hydrogen-bond acceptors (Lipinski definition) is 0. The fourth-order valence-electron chi connectivity index (χ4n) is 3.34. The summed E-state index contributed by atoms with van der Waals surface area (Å²) in [5, 5.41) is 0. The summed E-state index contributed by atoms with van der Waals surface area (Å²) in [7, 11) is 0. The lowest BCUT2D eigenvalue weighted by Crippen LogP contribution is -2.01. The molecule has 0 aliphatic heterocycles. The highest BCUT2D eigenvalue weighted by Gasteiger charge is 2.08. The topological polar surface area (TPSA) is 0 Å². The van der Waals surface area contributed by atoms with Gasteiger partial charge in [-0.15, -0.1) is 11.6 Å². The first-order valence-corrected chi connectivity index (χ1v) is 9.55. The number of benzene rings is 3. The third-order valence-electron chi connectivity index (χ3n) is 4.85. The van der Waals surface area contributed by atoms with Crippen LogP contribution in [0.4, 0.5) is 0 Å². The molecule has 0 heterocycles. The van der Waals surface area contributed by atoms with Crippen molar-refractivity contribution in [2.45, 2.75) is 38.5 Å². The van der Waals surface area contributed by atoms with Crippen molar-refractivity contribution in [2.75, 3.05) is 0 Å². The molecule has 0 bridgehead atoms. The molecular formula is C24H25Cl. The maximum absolute atomic E-state index is 6.26. The maximum Gasteiger partial charge on any atom is 0.0476 e. The summed E-state index contributed by atoms with van der Waals surface area (Å²) in [6.07, 6.45) is 4.25. The summed E-state index contributed by atoms with van der Waals surface area (Å²) >= 11 is 6.26. The molecule has 128 valence electrons. The highest BCUT2D eigenvalue weighted by atomic mass is 35.5. The van der Waals surface area contributed by atoms with Gasteiger partial charge in [0.15, 0.2) is 0 Å². The fraction of sp³-hybridized carbons (Fsp3) is 0.250. The Bertz CT molecular complexity index is 791. The molecule has 3 aromatic carbocycles. The van der Waals surface area contributed by atoms with E-state index in [2.05, 4.69) is 79.7 Å². The lowest BCUT2D eigenvalue weighted by molar-refractivity contribution is 0.917. The molecule has 1 heteroatoms. The van der Waals surface area contributed by atoms with Gasteiger partial charge in [0, 0.05) is 5.88 Å². The smallest absolute Gasteiger partial charge is 0.0476 e. The minimum atomic E-state index is 0.586. The Morgan fingerprint density at radius 2 is 1.12 bits per heavy atom. The molecule has 0 amide bonds. The minimum Gasteiger partial charge on any atom is -0.122 e. The minimum absolute atomic E-state index is 0.586. The molecular weight excluding hydrogens is 324 g/mol. The number of hydrogen-bond donors (Lipinski definition) is 0. The lowest BCUT2D eigenvalue weighted by atomic mass is 9.93. The van der Waals surface area contributed by atoms with Crippen molar-refractivity contribution in [3.05, 3.63) is 106 Å². The van der Waals surface area contributed by atoms with E-state index < -0.39 is 0 Å². The van der Waals surface area contributed by atoms with Gasteiger partial charge in [-0.25, -0.2) is 0 Å². The Balaban J connectivity index is 1.71. The molecule has 0 atom stereocenters. The summed E-state index contributed by atoms with van der Waals surface area (Å²) in [6.45, 7) is 2.23. The van der Waals surface area contributed by atoms with E-state index in [1.54, 1.807) is 0 Å².